The molecule has 0 aromatic heterocycles. The van der Waals surface area contributed by atoms with Crippen molar-refractivity contribution in [3.63, 3.8) is 0 Å². The highest BCUT2D eigenvalue weighted by Crippen LogP contribution is 2.16. The third kappa shape index (κ3) is 5.59. The number of rotatable bonds is 7. The zero-order valence-corrected chi connectivity index (χ0v) is 14.3. The molecule has 0 heterocycles. The number of amides is 1. The zero-order chi connectivity index (χ0) is 17.4. The molecule has 2 aromatic carbocycles. The molecule has 1 amide bonds. The molecule has 0 fully saturated rings. The molecule has 5 nitrogen and oxygen atoms in total. The van der Waals surface area contributed by atoms with E-state index >= 15 is 0 Å². The summed E-state index contributed by atoms with van der Waals surface area (Å²) < 4.78 is 10.9. The van der Waals surface area contributed by atoms with Crippen LogP contribution in [-0.4, -0.2) is 24.8 Å². The summed E-state index contributed by atoms with van der Waals surface area (Å²) in [5.74, 6) is 1.02. The molecule has 0 bridgehead atoms. The first kappa shape index (κ1) is 17.8. The number of nitrogens with zero attached hydrogens (tertiary/aromatic N) is 1. The molecule has 0 saturated carbocycles. The first-order valence-electron chi connectivity index (χ1n) is 7.56. The second-order valence-electron chi connectivity index (χ2n) is 4.95. The Morgan fingerprint density at radius 3 is 2.42 bits per heavy atom. The van der Waals surface area contributed by atoms with Gasteiger partial charge in [0.2, 0.25) is 0 Å². The summed E-state index contributed by atoms with van der Waals surface area (Å²) in [6.45, 7) is 4.20. The smallest absolute Gasteiger partial charge is 0.280 e. The molecular weight excluding hydrogens is 328 g/mol. The van der Waals surface area contributed by atoms with Crippen LogP contribution >= 0.6 is 11.6 Å². The Morgan fingerprint density at radius 1 is 1.17 bits per heavy atom. The fourth-order valence-corrected chi connectivity index (χ4v) is 1.97. The van der Waals surface area contributed by atoms with E-state index in [1.807, 2.05) is 31.2 Å². The lowest BCUT2D eigenvalue weighted by Crippen LogP contribution is -2.33. The topological polar surface area (TPSA) is 59.9 Å². The molecule has 0 unspecified atom stereocenters. The summed E-state index contributed by atoms with van der Waals surface area (Å²) in [5.41, 5.74) is 3.30. The lowest BCUT2D eigenvalue weighted by Gasteiger charge is -2.12. The van der Waals surface area contributed by atoms with Crippen LogP contribution in [0.1, 0.15) is 19.4 Å². The molecule has 0 aliphatic rings. The van der Waals surface area contributed by atoms with Crippen molar-refractivity contribution in [2.75, 3.05) is 6.61 Å². The van der Waals surface area contributed by atoms with Gasteiger partial charge in [-0.25, -0.2) is 5.43 Å². The number of carbonyl (C=O) groups is 1. The van der Waals surface area contributed by atoms with Crippen LogP contribution in [0.25, 0.3) is 0 Å². The predicted molar refractivity (Wildman–Crippen MR) is 94.9 cm³/mol. The fraction of sp³-hybridized carbons (Fsp3) is 0.222. The molecule has 0 aliphatic carbocycles. The molecular formula is C18H19ClN2O3. The monoisotopic (exact) mass is 346 g/mol. The maximum atomic E-state index is 11.9. The molecule has 0 radical (unpaired) electrons. The molecule has 126 valence electrons. The highest BCUT2D eigenvalue weighted by Gasteiger charge is 2.13. The van der Waals surface area contributed by atoms with Crippen LogP contribution in [0.5, 0.6) is 11.5 Å². The van der Waals surface area contributed by atoms with Gasteiger partial charge in [-0.05, 0) is 67.9 Å². The summed E-state index contributed by atoms with van der Waals surface area (Å²) in [6.07, 6.45) is 0.881. The number of hydrogen-bond acceptors (Lipinski definition) is 4. The molecule has 24 heavy (non-hydrogen) atoms. The average molecular weight is 347 g/mol. The van der Waals surface area contributed by atoms with Crippen molar-refractivity contribution in [2.45, 2.75) is 20.0 Å². The second-order valence-corrected chi connectivity index (χ2v) is 5.39. The Kier molecular flexibility index (Phi) is 6.63. The van der Waals surface area contributed by atoms with Gasteiger partial charge in [0.05, 0.1) is 12.8 Å². The zero-order valence-electron chi connectivity index (χ0n) is 13.5. The maximum absolute atomic E-state index is 11.9. The third-order valence-electron chi connectivity index (χ3n) is 3.08. The van der Waals surface area contributed by atoms with Gasteiger partial charge in [-0.3, -0.25) is 4.79 Å². The molecule has 2 rings (SSSR count). The minimum absolute atomic E-state index is 0.341. The van der Waals surface area contributed by atoms with Gasteiger partial charge >= 0.3 is 0 Å². The lowest BCUT2D eigenvalue weighted by molar-refractivity contribution is -0.127. The van der Waals surface area contributed by atoms with Crippen LogP contribution in [0.2, 0.25) is 5.02 Å². The van der Waals surface area contributed by atoms with Gasteiger partial charge < -0.3 is 9.47 Å². The molecule has 0 aliphatic heterocycles. The Hall–Kier alpha value is -2.53. The van der Waals surface area contributed by atoms with Gasteiger partial charge in [0.15, 0.2) is 6.10 Å². The van der Waals surface area contributed by atoms with Crippen LogP contribution in [0.3, 0.4) is 0 Å². The van der Waals surface area contributed by atoms with Crippen molar-refractivity contribution >= 4 is 23.7 Å². The highest BCUT2D eigenvalue weighted by atomic mass is 35.5. The van der Waals surface area contributed by atoms with Crippen molar-refractivity contribution in [3.8, 4) is 11.5 Å². The standard InChI is InChI=1S/C18H19ClN2O3/c1-3-23-16-8-4-14(5-9-16)12-20-21-18(22)13(2)24-17-10-6-15(19)7-11-17/h4-13H,3H2,1-2H3,(H,21,22)/b20-12-/t13-/m1/s1. The Balaban J connectivity index is 1.83. The van der Waals surface area contributed by atoms with Crippen molar-refractivity contribution in [3.05, 3.63) is 59.1 Å². The van der Waals surface area contributed by atoms with Gasteiger partial charge in [-0.15, -0.1) is 0 Å². The van der Waals surface area contributed by atoms with Gasteiger partial charge in [-0.1, -0.05) is 11.6 Å². The Labute approximate surface area is 146 Å². The van der Waals surface area contributed by atoms with E-state index in [9.17, 15) is 4.79 Å². The molecule has 0 saturated heterocycles. The number of benzene rings is 2. The van der Waals surface area contributed by atoms with Crippen molar-refractivity contribution < 1.29 is 14.3 Å². The Morgan fingerprint density at radius 2 is 1.79 bits per heavy atom. The Bertz CT molecular complexity index is 684. The SMILES string of the molecule is CCOc1ccc(/C=N\NC(=O)[C@@H](C)Oc2ccc(Cl)cc2)cc1. The first-order valence-corrected chi connectivity index (χ1v) is 7.94. The van der Waals surface area contributed by atoms with Crippen LogP contribution in [0.4, 0.5) is 0 Å². The van der Waals surface area contributed by atoms with Crippen LogP contribution in [0.15, 0.2) is 53.6 Å². The number of carbonyl (C=O) groups excluding carboxylic acids is 1. The van der Waals surface area contributed by atoms with Crippen molar-refractivity contribution in [1.82, 2.24) is 5.43 Å². The summed E-state index contributed by atoms with van der Waals surface area (Å²) in [5, 5.41) is 4.54. The van der Waals surface area contributed by atoms with E-state index in [4.69, 9.17) is 21.1 Å². The average Bonchev–Trinajstić information content (AvgIpc) is 2.58. The summed E-state index contributed by atoms with van der Waals surface area (Å²) in [6, 6.07) is 14.2. The van der Waals surface area contributed by atoms with Crippen molar-refractivity contribution in [1.29, 1.82) is 0 Å². The molecule has 1 atom stereocenters. The van der Waals surface area contributed by atoms with Crippen LogP contribution in [-0.2, 0) is 4.79 Å². The van der Waals surface area contributed by atoms with E-state index in [0.717, 1.165) is 11.3 Å². The van der Waals surface area contributed by atoms with E-state index in [0.29, 0.717) is 17.4 Å². The quantitative estimate of drug-likeness (QED) is 0.615. The van der Waals surface area contributed by atoms with E-state index < -0.39 is 6.10 Å². The number of ether oxygens (including phenoxy) is 2. The molecule has 2 aromatic rings. The predicted octanol–water partition coefficient (Wildman–Crippen LogP) is 3.66. The molecule has 6 heteroatoms. The minimum Gasteiger partial charge on any atom is -0.494 e. The highest BCUT2D eigenvalue weighted by molar-refractivity contribution is 6.30. The maximum Gasteiger partial charge on any atom is 0.280 e. The van der Waals surface area contributed by atoms with Crippen LogP contribution in [0, 0.1) is 0 Å². The van der Waals surface area contributed by atoms with Gasteiger partial charge in [-0.2, -0.15) is 5.10 Å². The van der Waals surface area contributed by atoms with Crippen LogP contribution < -0.4 is 14.9 Å². The number of hydrogen-bond donors (Lipinski definition) is 1. The summed E-state index contributed by atoms with van der Waals surface area (Å²) in [7, 11) is 0. The first-order chi connectivity index (χ1) is 11.6. The fourth-order valence-electron chi connectivity index (χ4n) is 1.85. The van der Waals surface area contributed by atoms with E-state index in [-0.39, 0.29) is 5.91 Å². The van der Waals surface area contributed by atoms with Crippen molar-refractivity contribution in [2.24, 2.45) is 5.10 Å². The second kappa shape index (κ2) is 8.93. The van der Waals surface area contributed by atoms with E-state index in [1.54, 1.807) is 37.4 Å². The molecule has 1 N–H and O–H groups in total. The molecule has 0 spiro atoms. The largest absolute Gasteiger partial charge is 0.494 e. The van der Waals surface area contributed by atoms with Gasteiger partial charge in [0.1, 0.15) is 11.5 Å². The van der Waals surface area contributed by atoms with E-state index in [2.05, 4.69) is 10.5 Å². The van der Waals surface area contributed by atoms with Gasteiger partial charge in [0.25, 0.3) is 5.91 Å². The minimum atomic E-state index is -0.677. The lowest BCUT2D eigenvalue weighted by atomic mass is 10.2. The normalized spacial score (nSPS) is 12.0. The number of halogens is 1. The third-order valence-corrected chi connectivity index (χ3v) is 3.33. The summed E-state index contributed by atoms with van der Waals surface area (Å²) in [4.78, 5) is 11.9. The number of nitrogens with one attached hydrogen (secondary N) is 1. The number of hydrazone groups is 1. The summed E-state index contributed by atoms with van der Waals surface area (Å²) >= 11 is 5.80. The van der Waals surface area contributed by atoms with E-state index in [1.165, 1.54) is 0 Å². The van der Waals surface area contributed by atoms with Gasteiger partial charge in [0, 0.05) is 5.02 Å².